The summed E-state index contributed by atoms with van der Waals surface area (Å²) in [5.41, 5.74) is 8.52. The van der Waals surface area contributed by atoms with Crippen molar-refractivity contribution in [3.05, 3.63) is 54.2 Å². The van der Waals surface area contributed by atoms with Crippen LogP contribution in [0.15, 0.2) is 48.7 Å². The average Bonchev–Trinajstić information content (AvgIpc) is 3.06. The van der Waals surface area contributed by atoms with Crippen molar-refractivity contribution >= 4 is 22.5 Å². The lowest BCUT2D eigenvalue weighted by molar-refractivity contribution is 0.0850. The molecule has 1 heterocycles. The van der Waals surface area contributed by atoms with Gasteiger partial charge in [0, 0.05) is 23.2 Å². The summed E-state index contributed by atoms with van der Waals surface area (Å²) in [6, 6.07) is 13.2. The first kappa shape index (κ1) is 16.9. The van der Waals surface area contributed by atoms with E-state index in [1.807, 2.05) is 49.4 Å². The Kier molecular flexibility index (Phi) is 4.65. The second-order valence-electron chi connectivity index (χ2n) is 6.10. The Morgan fingerprint density at radius 1 is 1.12 bits per heavy atom. The molecule has 0 saturated carbocycles. The van der Waals surface area contributed by atoms with Crippen molar-refractivity contribution in [1.29, 1.82) is 0 Å². The number of carbonyl (C=O) groups is 1. The van der Waals surface area contributed by atoms with Crippen molar-refractivity contribution < 1.29 is 14.3 Å². The Hall–Kier alpha value is -2.95. The number of methoxy groups -OCH3 is 2. The molecule has 25 heavy (non-hydrogen) atoms. The number of ether oxygens (including phenoxy) is 2. The molecule has 3 rings (SSSR count). The first-order chi connectivity index (χ1) is 12.0. The maximum atomic E-state index is 12.9. The molecular weight excluding hydrogens is 316 g/mol. The van der Waals surface area contributed by atoms with Crippen molar-refractivity contribution in [2.75, 3.05) is 20.0 Å². The van der Waals surface area contributed by atoms with Gasteiger partial charge in [0.1, 0.15) is 0 Å². The first-order valence-electron chi connectivity index (χ1n) is 8.15. The summed E-state index contributed by atoms with van der Waals surface area (Å²) in [5.74, 6) is 1.20. The lowest BCUT2D eigenvalue weighted by Crippen LogP contribution is -2.20. The summed E-state index contributed by atoms with van der Waals surface area (Å²) in [5, 5.41) is 0.897. The zero-order valence-corrected chi connectivity index (χ0v) is 14.7. The summed E-state index contributed by atoms with van der Waals surface area (Å²) >= 11 is 0. The molecule has 0 spiro atoms. The van der Waals surface area contributed by atoms with E-state index in [0.717, 1.165) is 16.5 Å². The van der Waals surface area contributed by atoms with Crippen molar-refractivity contribution in [3.8, 4) is 11.5 Å². The summed E-state index contributed by atoms with van der Waals surface area (Å²) in [6.07, 6.45) is 2.40. The molecule has 1 unspecified atom stereocenters. The average molecular weight is 338 g/mol. The molecule has 2 N–H and O–H groups in total. The Morgan fingerprint density at radius 2 is 1.88 bits per heavy atom. The van der Waals surface area contributed by atoms with Gasteiger partial charge in [0.2, 0.25) is 5.91 Å². The maximum absolute atomic E-state index is 12.9. The van der Waals surface area contributed by atoms with Gasteiger partial charge in [-0.15, -0.1) is 0 Å². The van der Waals surface area contributed by atoms with Crippen LogP contribution < -0.4 is 15.2 Å². The lowest BCUT2D eigenvalue weighted by atomic mass is 10.00. The van der Waals surface area contributed by atoms with Gasteiger partial charge in [0.25, 0.3) is 0 Å². The number of anilines is 1. The van der Waals surface area contributed by atoms with Crippen LogP contribution in [0.1, 0.15) is 17.3 Å². The van der Waals surface area contributed by atoms with Gasteiger partial charge >= 0.3 is 0 Å². The zero-order chi connectivity index (χ0) is 18.0. The summed E-state index contributed by atoms with van der Waals surface area (Å²) < 4.78 is 12.3. The van der Waals surface area contributed by atoms with Gasteiger partial charge in [-0.1, -0.05) is 19.1 Å². The molecule has 5 nitrogen and oxygen atoms in total. The number of nitrogens with zero attached hydrogens (tertiary/aromatic N) is 1. The van der Waals surface area contributed by atoms with E-state index in [1.54, 1.807) is 25.0 Å². The second kappa shape index (κ2) is 6.89. The van der Waals surface area contributed by atoms with Crippen molar-refractivity contribution in [1.82, 2.24) is 4.57 Å². The minimum absolute atomic E-state index is 0.0374. The number of rotatable bonds is 5. The molecule has 1 aromatic heterocycles. The van der Waals surface area contributed by atoms with Crippen LogP contribution in [0.3, 0.4) is 0 Å². The van der Waals surface area contributed by atoms with E-state index in [2.05, 4.69) is 0 Å². The molecule has 0 radical (unpaired) electrons. The molecule has 5 heteroatoms. The predicted octanol–water partition coefficient (Wildman–Crippen LogP) is 3.76. The molecule has 0 aliphatic carbocycles. The van der Waals surface area contributed by atoms with E-state index in [4.69, 9.17) is 15.2 Å². The third-order valence-corrected chi connectivity index (χ3v) is 4.42. The monoisotopic (exact) mass is 338 g/mol. The van der Waals surface area contributed by atoms with Gasteiger partial charge in [-0.2, -0.15) is 0 Å². The number of hydrogen-bond acceptors (Lipinski definition) is 4. The number of carbonyl (C=O) groups excluding carboxylic acids is 1. The van der Waals surface area contributed by atoms with Crippen molar-refractivity contribution in [2.45, 2.75) is 13.3 Å². The highest BCUT2D eigenvalue weighted by molar-refractivity contribution is 5.98. The Labute approximate surface area is 147 Å². The van der Waals surface area contributed by atoms with Crippen LogP contribution in [0.4, 0.5) is 5.69 Å². The molecule has 1 atom stereocenters. The van der Waals surface area contributed by atoms with Crippen LogP contribution in [-0.4, -0.2) is 24.7 Å². The SMILES string of the molecule is COc1ccc(CC(C)C(=O)n2ccc3c(N)cccc32)cc1OC. The number of nitrogen functional groups attached to an aromatic ring is 1. The Balaban J connectivity index is 1.84. The second-order valence-corrected chi connectivity index (χ2v) is 6.10. The van der Waals surface area contributed by atoms with Crippen LogP contribution in [0, 0.1) is 5.92 Å². The van der Waals surface area contributed by atoms with E-state index >= 15 is 0 Å². The summed E-state index contributed by atoms with van der Waals surface area (Å²) in [6.45, 7) is 1.93. The maximum Gasteiger partial charge on any atom is 0.234 e. The highest BCUT2D eigenvalue weighted by Gasteiger charge is 2.18. The van der Waals surface area contributed by atoms with Gasteiger partial charge in [-0.05, 0) is 42.3 Å². The van der Waals surface area contributed by atoms with E-state index in [-0.39, 0.29) is 11.8 Å². The smallest absolute Gasteiger partial charge is 0.234 e. The number of benzene rings is 2. The third kappa shape index (κ3) is 3.18. The van der Waals surface area contributed by atoms with Gasteiger partial charge in [0.15, 0.2) is 11.5 Å². The molecule has 0 aliphatic heterocycles. The number of nitrogens with two attached hydrogens (primary N) is 1. The van der Waals surface area contributed by atoms with E-state index in [1.165, 1.54) is 0 Å². The molecule has 0 fully saturated rings. The fourth-order valence-electron chi connectivity index (χ4n) is 3.07. The quantitative estimate of drug-likeness (QED) is 0.719. The summed E-state index contributed by atoms with van der Waals surface area (Å²) in [4.78, 5) is 12.9. The number of fused-ring (bicyclic) bond motifs is 1. The Bertz CT molecular complexity index is 914. The lowest BCUT2D eigenvalue weighted by Gasteiger charge is -2.14. The normalized spacial score (nSPS) is 12.1. The predicted molar refractivity (Wildman–Crippen MR) is 99.4 cm³/mol. The highest BCUT2D eigenvalue weighted by Crippen LogP contribution is 2.29. The zero-order valence-electron chi connectivity index (χ0n) is 14.7. The van der Waals surface area contributed by atoms with Crippen LogP contribution in [0.5, 0.6) is 11.5 Å². The molecule has 0 amide bonds. The van der Waals surface area contributed by atoms with Crippen LogP contribution >= 0.6 is 0 Å². The fourth-order valence-corrected chi connectivity index (χ4v) is 3.07. The minimum Gasteiger partial charge on any atom is -0.493 e. The standard InChI is InChI=1S/C20H22N2O3/c1-13(11-14-7-8-18(24-2)19(12-14)25-3)20(23)22-10-9-15-16(21)5-4-6-17(15)22/h4-10,12-13H,11,21H2,1-3H3. The topological polar surface area (TPSA) is 66.5 Å². The molecule has 130 valence electrons. The van der Waals surface area contributed by atoms with Gasteiger partial charge in [0.05, 0.1) is 19.7 Å². The molecule has 2 aromatic carbocycles. The number of hydrogen-bond donors (Lipinski definition) is 1. The first-order valence-corrected chi connectivity index (χ1v) is 8.15. The van der Waals surface area contributed by atoms with Crippen LogP contribution in [-0.2, 0) is 6.42 Å². The van der Waals surface area contributed by atoms with Crippen molar-refractivity contribution in [2.24, 2.45) is 5.92 Å². The highest BCUT2D eigenvalue weighted by atomic mass is 16.5. The van der Waals surface area contributed by atoms with Crippen LogP contribution in [0.25, 0.3) is 10.9 Å². The minimum atomic E-state index is -0.185. The van der Waals surface area contributed by atoms with Crippen LogP contribution in [0.2, 0.25) is 0 Å². The third-order valence-electron chi connectivity index (χ3n) is 4.42. The van der Waals surface area contributed by atoms with Gasteiger partial charge in [-0.3, -0.25) is 9.36 Å². The van der Waals surface area contributed by atoms with Gasteiger partial charge < -0.3 is 15.2 Å². The fraction of sp³-hybridized carbons (Fsp3) is 0.250. The summed E-state index contributed by atoms with van der Waals surface area (Å²) in [7, 11) is 3.21. The van der Waals surface area contributed by atoms with E-state index < -0.39 is 0 Å². The van der Waals surface area contributed by atoms with Gasteiger partial charge in [-0.25, -0.2) is 0 Å². The van der Waals surface area contributed by atoms with E-state index in [9.17, 15) is 4.79 Å². The number of aromatic nitrogens is 1. The Morgan fingerprint density at radius 3 is 2.60 bits per heavy atom. The largest absolute Gasteiger partial charge is 0.493 e. The molecule has 0 aliphatic rings. The molecule has 3 aromatic rings. The molecule has 0 bridgehead atoms. The molecule has 0 saturated heterocycles. The van der Waals surface area contributed by atoms with E-state index in [0.29, 0.717) is 23.6 Å². The molecular formula is C20H22N2O3. The van der Waals surface area contributed by atoms with Crippen molar-refractivity contribution in [3.63, 3.8) is 0 Å².